The molecule has 0 radical (unpaired) electrons. The molecule has 0 saturated carbocycles. The van der Waals surface area contributed by atoms with Crippen molar-refractivity contribution in [3.05, 3.63) is 60.2 Å². The van der Waals surface area contributed by atoms with Crippen molar-refractivity contribution in [3.8, 4) is 11.3 Å². The number of primary amides is 1. The lowest BCUT2D eigenvalue weighted by Crippen LogP contribution is -2.40. The number of piperidine rings is 1. The number of nitrogens with zero attached hydrogens (tertiary/aromatic N) is 7. The second kappa shape index (κ2) is 12.7. The van der Waals surface area contributed by atoms with Gasteiger partial charge in [-0.05, 0) is 62.7 Å². The Morgan fingerprint density at radius 2 is 1.81 bits per heavy atom. The molecule has 0 unspecified atom stereocenters. The zero-order valence-corrected chi connectivity index (χ0v) is 24.8. The molecule has 0 atom stereocenters. The second-order valence-electron chi connectivity index (χ2n) is 10.8. The molecule has 5 rings (SSSR count). The summed E-state index contributed by atoms with van der Waals surface area (Å²) in [6.07, 6.45) is 3.30. The van der Waals surface area contributed by atoms with Crippen LogP contribution >= 0.6 is 0 Å². The molecule has 43 heavy (non-hydrogen) atoms. The predicted octanol–water partition coefficient (Wildman–Crippen LogP) is 4.64. The van der Waals surface area contributed by atoms with Crippen LogP contribution in [0.4, 0.5) is 26.4 Å². The van der Waals surface area contributed by atoms with E-state index in [9.17, 15) is 9.59 Å². The zero-order chi connectivity index (χ0) is 30.7. The lowest BCUT2D eigenvalue weighted by molar-refractivity contribution is -0.132. The first-order valence-electron chi connectivity index (χ1n) is 14.7. The first-order valence-corrected chi connectivity index (χ1v) is 14.7. The molecular formula is C31H38FN9O2. The molecule has 2 aromatic heterocycles. The van der Waals surface area contributed by atoms with Crippen molar-refractivity contribution in [1.29, 1.82) is 0 Å². The highest BCUT2D eigenvalue weighted by Gasteiger charge is 2.28. The second-order valence-corrected chi connectivity index (χ2v) is 10.8. The Balaban J connectivity index is 1.41. The summed E-state index contributed by atoms with van der Waals surface area (Å²) in [5.41, 5.74) is 14.8. The minimum atomic E-state index is -0.803. The zero-order valence-electron chi connectivity index (χ0n) is 24.8. The summed E-state index contributed by atoms with van der Waals surface area (Å²) in [6, 6.07) is 10.8. The highest BCUT2D eigenvalue weighted by Crippen LogP contribution is 2.37. The molecule has 0 bridgehead atoms. The van der Waals surface area contributed by atoms with Crippen molar-refractivity contribution < 1.29 is 14.0 Å². The van der Waals surface area contributed by atoms with Crippen LogP contribution in [0.5, 0.6) is 0 Å². The smallest absolute Gasteiger partial charge is 0.323 e. The fourth-order valence-corrected chi connectivity index (χ4v) is 5.75. The first kappa shape index (κ1) is 29.9. The third-order valence-electron chi connectivity index (χ3n) is 8.16. The van der Waals surface area contributed by atoms with Crippen molar-refractivity contribution >= 4 is 40.2 Å². The van der Waals surface area contributed by atoms with Gasteiger partial charge < -0.3 is 21.3 Å². The maximum absolute atomic E-state index is 15.7. The molecule has 1 fully saturated rings. The topological polar surface area (TPSA) is 140 Å². The standard InChI is InChI=1S/C31H38FN9O2/c1-4-38(5-2)14-13-26(42)39-15-11-22(12-16-39)41-30-27(29(33)35-19-36-30)28(37-41)21-9-10-25(24(32)18-21)40(31(34)43)23-8-6-7-20(3)17-23/h6-10,17-19,22H,4-5,11-16H2,1-3H3,(H2,34,43)(H2,33,35,36). The van der Waals surface area contributed by atoms with Gasteiger partial charge in [0.25, 0.3) is 0 Å². The SMILES string of the molecule is CCN(CC)CCC(=O)N1CCC(n2nc(-c3ccc(N(C(N)=O)c4cccc(C)c4)c(F)c3)c3c(N)ncnc32)CC1. The van der Waals surface area contributed by atoms with Gasteiger partial charge in [0.2, 0.25) is 5.91 Å². The maximum atomic E-state index is 15.7. The van der Waals surface area contributed by atoms with Gasteiger partial charge in [0, 0.05) is 31.6 Å². The molecule has 1 aliphatic rings. The van der Waals surface area contributed by atoms with Gasteiger partial charge in [-0.3, -0.25) is 9.69 Å². The van der Waals surface area contributed by atoms with Gasteiger partial charge in [-0.25, -0.2) is 23.8 Å². The average Bonchev–Trinajstić information content (AvgIpc) is 3.39. The number of aromatic nitrogens is 4. The number of halogens is 1. The van der Waals surface area contributed by atoms with E-state index in [-0.39, 0.29) is 23.5 Å². The van der Waals surface area contributed by atoms with Gasteiger partial charge in [0.05, 0.1) is 22.8 Å². The van der Waals surface area contributed by atoms with Crippen LogP contribution in [-0.2, 0) is 4.79 Å². The number of hydrogen-bond donors (Lipinski definition) is 2. The summed E-state index contributed by atoms with van der Waals surface area (Å²) in [7, 11) is 0. The summed E-state index contributed by atoms with van der Waals surface area (Å²) < 4.78 is 17.5. The van der Waals surface area contributed by atoms with E-state index in [1.165, 1.54) is 18.5 Å². The summed E-state index contributed by atoms with van der Waals surface area (Å²) in [6.45, 7) is 9.92. The third kappa shape index (κ3) is 6.14. The largest absolute Gasteiger partial charge is 0.383 e. The number of carbonyl (C=O) groups is 2. The van der Waals surface area contributed by atoms with Gasteiger partial charge in [0.1, 0.15) is 23.7 Å². The minimum absolute atomic E-state index is 0.0202. The number of nitrogens with two attached hydrogens (primary N) is 2. The van der Waals surface area contributed by atoms with Crippen molar-refractivity contribution in [2.24, 2.45) is 5.73 Å². The number of benzene rings is 2. The van der Waals surface area contributed by atoms with Gasteiger partial charge in [0.15, 0.2) is 5.65 Å². The Morgan fingerprint density at radius 3 is 2.47 bits per heavy atom. The van der Waals surface area contributed by atoms with E-state index in [0.29, 0.717) is 60.3 Å². The number of carbonyl (C=O) groups excluding carboxylic acids is 2. The van der Waals surface area contributed by atoms with E-state index < -0.39 is 11.8 Å². The number of urea groups is 1. The van der Waals surface area contributed by atoms with Gasteiger partial charge in [-0.15, -0.1) is 0 Å². The highest BCUT2D eigenvalue weighted by atomic mass is 19.1. The van der Waals surface area contributed by atoms with E-state index >= 15 is 4.39 Å². The molecular weight excluding hydrogens is 549 g/mol. The summed E-state index contributed by atoms with van der Waals surface area (Å²) in [4.78, 5) is 39.2. The maximum Gasteiger partial charge on any atom is 0.323 e. The Bertz CT molecular complexity index is 1630. The number of nitrogen functional groups attached to an aromatic ring is 1. The normalized spacial score (nSPS) is 14.0. The summed E-state index contributed by atoms with van der Waals surface area (Å²) in [5, 5.41) is 5.39. The fraction of sp³-hybridized carbons (Fsp3) is 0.387. The predicted molar refractivity (Wildman–Crippen MR) is 165 cm³/mol. The van der Waals surface area contributed by atoms with Gasteiger partial charge in [-0.2, -0.15) is 5.10 Å². The van der Waals surface area contributed by atoms with Gasteiger partial charge in [-0.1, -0.05) is 32.0 Å². The Morgan fingerprint density at radius 1 is 1.07 bits per heavy atom. The lowest BCUT2D eigenvalue weighted by Gasteiger charge is -2.32. The van der Waals surface area contributed by atoms with Crippen molar-refractivity contribution in [3.63, 3.8) is 0 Å². The summed E-state index contributed by atoms with van der Waals surface area (Å²) in [5.74, 6) is -0.250. The molecule has 3 heterocycles. The number of likely N-dealkylation sites (tertiary alicyclic amines) is 1. The number of anilines is 3. The molecule has 0 aliphatic carbocycles. The van der Waals surface area contributed by atoms with E-state index in [2.05, 4.69) is 28.7 Å². The molecule has 4 N–H and O–H groups in total. The molecule has 3 amide bonds. The van der Waals surface area contributed by atoms with Gasteiger partial charge >= 0.3 is 6.03 Å². The number of aryl methyl sites for hydroxylation is 1. The van der Waals surface area contributed by atoms with Crippen molar-refractivity contribution in [1.82, 2.24) is 29.5 Å². The van der Waals surface area contributed by atoms with E-state index in [4.69, 9.17) is 16.6 Å². The van der Waals surface area contributed by atoms with Crippen molar-refractivity contribution in [2.45, 2.75) is 46.1 Å². The quantitative estimate of drug-likeness (QED) is 0.291. The Kier molecular flexibility index (Phi) is 8.86. The van der Waals surface area contributed by atoms with E-state index in [1.54, 1.807) is 24.3 Å². The van der Waals surface area contributed by atoms with Crippen molar-refractivity contribution in [2.75, 3.05) is 43.4 Å². The Hall–Kier alpha value is -4.58. The van der Waals surface area contributed by atoms with Crippen LogP contribution in [0.1, 0.15) is 44.7 Å². The lowest BCUT2D eigenvalue weighted by atomic mass is 10.0. The number of amides is 3. The average molecular weight is 588 g/mol. The van der Waals surface area contributed by atoms with Crippen LogP contribution in [0, 0.1) is 12.7 Å². The first-order chi connectivity index (χ1) is 20.7. The molecule has 4 aromatic rings. The third-order valence-corrected chi connectivity index (χ3v) is 8.16. The van der Waals surface area contributed by atoms with E-state index in [1.807, 2.05) is 22.6 Å². The number of hydrogen-bond acceptors (Lipinski definition) is 7. The monoisotopic (exact) mass is 587 g/mol. The van der Waals surface area contributed by atoms with Crippen LogP contribution in [-0.4, -0.2) is 74.2 Å². The molecule has 1 aliphatic heterocycles. The number of fused-ring (bicyclic) bond motifs is 1. The van der Waals surface area contributed by atoms with Crippen LogP contribution in [0.3, 0.4) is 0 Å². The summed E-state index contributed by atoms with van der Waals surface area (Å²) >= 11 is 0. The minimum Gasteiger partial charge on any atom is -0.383 e. The van der Waals surface area contributed by atoms with E-state index in [0.717, 1.165) is 30.1 Å². The highest BCUT2D eigenvalue weighted by molar-refractivity contribution is 6.00. The fourth-order valence-electron chi connectivity index (χ4n) is 5.75. The molecule has 12 heteroatoms. The van der Waals surface area contributed by atoms with Crippen LogP contribution in [0.25, 0.3) is 22.3 Å². The number of rotatable bonds is 9. The molecule has 2 aromatic carbocycles. The molecule has 11 nitrogen and oxygen atoms in total. The Labute approximate surface area is 250 Å². The van der Waals surface area contributed by atoms with Crippen LogP contribution in [0.2, 0.25) is 0 Å². The molecule has 226 valence electrons. The van der Waals surface area contributed by atoms with Crippen LogP contribution < -0.4 is 16.4 Å². The molecule has 0 spiro atoms. The van der Waals surface area contributed by atoms with Crippen LogP contribution in [0.15, 0.2) is 48.8 Å². The molecule has 1 saturated heterocycles.